The number of aliphatic hydroxyl groups is 25. The molecule has 0 radical (unpaired) electrons. The smallest absolute Gasteiger partial charge is 0.217 e. The molecule has 9 rings (SSSR count). The molecular formula is C66H111N5O48. The van der Waals surface area contributed by atoms with Gasteiger partial charge in [0, 0.05) is 27.7 Å². The van der Waals surface area contributed by atoms with Crippen LogP contribution in [-0.2, 0) is 109 Å². The zero-order valence-corrected chi connectivity index (χ0v) is 64.0. The molecule has 9 fully saturated rings. The third kappa shape index (κ3) is 22.7. The van der Waals surface area contributed by atoms with Crippen LogP contribution in [0.15, 0.2) is 0 Å². The van der Waals surface area contributed by atoms with E-state index >= 15 is 0 Å². The summed E-state index contributed by atoms with van der Waals surface area (Å²) >= 11 is 0. The molecule has 30 N–H and O–H groups in total. The summed E-state index contributed by atoms with van der Waals surface area (Å²) in [6, 6.07) is -8.34. The van der Waals surface area contributed by atoms with Crippen LogP contribution < -0.4 is 26.6 Å². The molecule has 53 heteroatoms. The largest absolute Gasteiger partial charge is 0.394 e. The molecule has 0 unspecified atom stereocenters. The van der Waals surface area contributed by atoms with E-state index in [1.807, 2.05) is 0 Å². The SMILES string of the molecule is CC(=O)N[C@H]1[C@H](O[C@H]2[C@@H](O)[C@@H](CO)O[C@@H](O[C@H]3[C@H](O)[C@@H](O)[C@H](OC[C@@H](CO)NC=O)O[C@@H]3CO)[C@@H]2O)O[C@H](CO)[C@@H](O[C@@H]2O[C@H](CO[C@@H]3O[C@H](CO)[C@@H](O[C@@H]4O[C@H](CO[C@@H]5O[C@H](CO)[C@@H](O)[C@H](O)[C@H]5NC(C)=O)[C@H](O)[C@H](O[C@@H]5O[C@H](CO)[C@@H](O[C@@H]6O[C@H](CO)[C@H](O)[C@H](O)[C@H]6O)[C@H](O)[C@H]5NC(C)=O)[C@H]4O)[C@H](O)[C@H]3NC(C)=O)[C@H](O)[C@H](O)[C@H]2O)[C@@H]1O. The van der Waals surface area contributed by atoms with Crippen LogP contribution in [0.3, 0.4) is 0 Å². The van der Waals surface area contributed by atoms with Gasteiger partial charge in [0.05, 0.1) is 78.7 Å². The van der Waals surface area contributed by atoms with E-state index in [2.05, 4.69) is 26.6 Å². The molecule has 9 aliphatic rings. The second kappa shape index (κ2) is 44.2. The molecule has 53 nitrogen and oxygen atoms in total. The van der Waals surface area contributed by atoms with Crippen molar-refractivity contribution in [1.82, 2.24) is 26.6 Å². The number of amides is 5. The van der Waals surface area contributed by atoms with Crippen LogP contribution in [0, 0.1) is 0 Å². The molecule has 0 aromatic carbocycles. The highest BCUT2D eigenvalue weighted by atomic mass is 16.8. The Balaban J connectivity index is 0.916. The first-order valence-corrected chi connectivity index (χ1v) is 37.8. The van der Waals surface area contributed by atoms with Crippen LogP contribution in [0.5, 0.6) is 0 Å². The minimum absolute atomic E-state index is 0.255. The molecule has 9 aliphatic heterocycles. The van der Waals surface area contributed by atoms with Crippen molar-refractivity contribution in [2.45, 2.75) is 310 Å². The average Bonchev–Trinajstić information content (AvgIpc) is 0.768. The van der Waals surface area contributed by atoms with Crippen LogP contribution >= 0.6 is 0 Å². The quantitative estimate of drug-likeness (QED) is 0.0262. The van der Waals surface area contributed by atoms with Gasteiger partial charge in [-0.25, -0.2) is 0 Å². The number of nitrogens with one attached hydrogen (secondary N) is 5. The number of hydrogen-bond donors (Lipinski definition) is 30. The Kier molecular flexibility index (Phi) is 36.5. The molecule has 0 aromatic rings. The number of carbonyl (C=O) groups is 5. The van der Waals surface area contributed by atoms with Gasteiger partial charge in [-0.15, -0.1) is 0 Å². The van der Waals surface area contributed by atoms with Crippen molar-refractivity contribution < 1.29 is 237 Å². The highest BCUT2D eigenvalue weighted by Gasteiger charge is 2.61. The molecular weight excluding hydrogens is 1630 g/mol. The molecule has 0 saturated carbocycles. The van der Waals surface area contributed by atoms with E-state index in [1.165, 1.54) is 0 Å². The van der Waals surface area contributed by atoms with Gasteiger partial charge in [0.1, 0.15) is 219 Å². The third-order valence-electron chi connectivity index (χ3n) is 21.3. The fourth-order valence-corrected chi connectivity index (χ4v) is 15.0. The Bertz CT molecular complexity index is 3160. The van der Waals surface area contributed by atoms with Gasteiger partial charge in [0.15, 0.2) is 56.6 Å². The zero-order chi connectivity index (χ0) is 87.6. The molecule has 5 amide bonds. The van der Waals surface area contributed by atoms with Gasteiger partial charge < -0.3 is 240 Å². The normalized spacial score (nSPS) is 46.9. The maximum Gasteiger partial charge on any atom is 0.217 e. The van der Waals surface area contributed by atoms with Crippen LogP contribution in [0.2, 0.25) is 0 Å². The third-order valence-corrected chi connectivity index (χ3v) is 21.3. The van der Waals surface area contributed by atoms with Crippen LogP contribution in [-0.4, -0.2) is 513 Å². The van der Waals surface area contributed by atoms with Gasteiger partial charge in [-0.05, 0) is 0 Å². The van der Waals surface area contributed by atoms with E-state index in [1.54, 1.807) is 0 Å². The minimum Gasteiger partial charge on any atom is -0.394 e. The van der Waals surface area contributed by atoms with Gasteiger partial charge in [-0.1, -0.05) is 0 Å². The van der Waals surface area contributed by atoms with Crippen LogP contribution in [0.25, 0.3) is 0 Å². The zero-order valence-electron chi connectivity index (χ0n) is 64.0. The fraction of sp³-hybridized carbons (Fsp3) is 0.924. The van der Waals surface area contributed by atoms with E-state index in [4.69, 9.17) is 85.3 Å². The van der Waals surface area contributed by atoms with Crippen molar-refractivity contribution >= 4 is 30.0 Å². The summed E-state index contributed by atoms with van der Waals surface area (Å²) in [7, 11) is 0. The lowest BCUT2D eigenvalue weighted by molar-refractivity contribution is -0.384. The first kappa shape index (κ1) is 98.4. The van der Waals surface area contributed by atoms with Gasteiger partial charge in [0.25, 0.3) is 0 Å². The second-order valence-electron chi connectivity index (χ2n) is 29.7. The van der Waals surface area contributed by atoms with E-state index in [0.717, 1.165) is 27.7 Å². The Morgan fingerprint density at radius 1 is 0.277 bits per heavy atom. The van der Waals surface area contributed by atoms with E-state index < -0.39 is 378 Å². The van der Waals surface area contributed by atoms with Crippen molar-refractivity contribution in [3.05, 3.63) is 0 Å². The maximum atomic E-state index is 13.1. The summed E-state index contributed by atoms with van der Waals surface area (Å²) in [4.78, 5) is 62.1. The highest BCUT2D eigenvalue weighted by Crippen LogP contribution is 2.40. The number of aliphatic hydroxyl groups excluding tert-OH is 25. The lowest BCUT2D eigenvalue weighted by atomic mass is 9.94. The Morgan fingerprint density at radius 2 is 0.538 bits per heavy atom. The maximum absolute atomic E-state index is 13.1. The molecule has 0 spiro atoms. The summed E-state index contributed by atoms with van der Waals surface area (Å²) in [6.45, 7) is -6.59. The van der Waals surface area contributed by atoms with E-state index in [-0.39, 0.29) is 6.41 Å². The topological polar surface area (TPSA) is 817 Å². The van der Waals surface area contributed by atoms with Crippen molar-refractivity contribution in [3.8, 4) is 0 Å². The van der Waals surface area contributed by atoms with Crippen LogP contribution in [0.1, 0.15) is 27.7 Å². The lowest BCUT2D eigenvalue weighted by Crippen LogP contribution is -2.70. The summed E-state index contributed by atoms with van der Waals surface area (Å²) in [5.41, 5.74) is 0. The second-order valence-corrected chi connectivity index (χ2v) is 29.7. The van der Waals surface area contributed by atoms with Crippen molar-refractivity contribution in [1.29, 1.82) is 0 Å². The number of ether oxygens (including phenoxy) is 18. The molecule has 0 aromatic heterocycles. The van der Waals surface area contributed by atoms with Gasteiger partial charge in [-0.2, -0.15) is 0 Å². The van der Waals surface area contributed by atoms with Crippen molar-refractivity contribution in [2.75, 3.05) is 72.7 Å². The number of hydrogen-bond acceptors (Lipinski definition) is 48. The fourth-order valence-electron chi connectivity index (χ4n) is 15.0. The predicted octanol–water partition coefficient (Wildman–Crippen LogP) is -20.9. The molecule has 0 bridgehead atoms. The minimum atomic E-state index is -2.42. The summed E-state index contributed by atoms with van der Waals surface area (Å²) in [5.74, 6) is -3.60. The standard InChI is InChI=1S/C66H111N5O48/c1-17(81)68-31-40(90)35(85)22(6-73)105-58(31)104-15-30-39(89)57(119-61-34(71-20(4)84)42(92)53(26(10-77)110-61)114-63-47(97)44(94)36(86)23(7-74)106-63)51(101)66(113-30)116-52-25(9-76)108-59(32(41(52)91)69-18(2)82)103-14-29-37(87)45(95)48(98)64(112-29)115-54-27(11-78)109-60(33(43(54)93)70-19(3)83)118-56-38(88)24(8-75)107-65(50(56)100)117-55-28(12-79)111-62(49(99)46(55)96)102-13-21(5-72)67-16-80/h16,21-66,72-79,85-101H,5-15H2,1-4H3,(H,67,80)(H,68,81)(H,69,82)(H,70,83)(H,71,84)/t21-,22-,23-,24-,25-,26-,27-,28-,29-,30-,31-,32-,33-,34-,35-,36+,37+,38+,39+,40-,41-,42-,43-,44+,45+,46-,47-,48-,49-,50-,51-,52-,53-,54-,55-,56+,57+,58-,59-,60+,61+,62-,63+,64+,65+,66+/m1/s1. The van der Waals surface area contributed by atoms with Crippen LogP contribution in [0.4, 0.5) is 0 Å². The molecule has 119 heavy (non-hydrogen) atoms. The summed E-state index contributed by atoms with van der Waals surface area (Å²) in [6.07, 6.45) is -82.2. The summed E-state index contributed by atoms with van der Waals surface area (Å²) < 4.78 is 105. The summed E-state index contributed by atoms with van der Waals surface area (Å²) in [5, 5.41) is 288. The Labute approximate surface area is 674 Å². The Morgan fingerprint density at radius 3 is 0.899 bits per heavy atom. The molecule has 9 saturated heterocycles. The van der Waals surface area contributed by atoms with Crippen molar-refractivity contribution in [3.63, 3.8) is 0 Å². The lowest BCUT2D eigenvalue weighted by Gasteiger charge is -2.50. The van der Waals surface area contributed by atoms with Gasteiger partial charge in [0.2, 0.25) is 30.0 Å². The van der Waals surface area contributed by atoms with Gasteiger partial charge >= 0.3 is 0 Å². The average molecular weight is 1740 g/mol. The number of carbonyl (C=O) groups excluding carboxylic acids is 5. The first-order chi connectivity index (χ1) is 56.4. The molecule has 0 aliphatic carbocycles. The Hall–Kier alpha value is -4.37. The van der Waals surface area contributed by atoms with E-state index in [0.29, 0.717) is 0 Å². The van der Waals surface area contributed by atoms with E-state index in [9.17, 15) is 152 Å². The molecule has 9 heterocycles. The molecule has 46 atom stereocenters. The first-order valence-electron chi connectivity index (χ1n) is 37.8. The molecule has 688 valence electrons. The monoisotopic (exact) mass is 1740 g/mol. The predicted molar refractivity (Wildman–Crippen MR) is 367 cm³/mol. The number of rotatable bonds is 35. The van der Waals surface area contributed by atoms with Gasteiger partial charge in [-0.3, -0.25) is 24.0 Å². The highest BCUT2D eigenvalue weighted by molar-refractivity contribution is 5.74. The van der Waals surface area contributed by atoms with Crippen molar-refractivity contribution in [2.24, 2.45) is 0 Å².